The molecule has 4 rings (SSSR count). The molecule has 0 aliphatic carbocycles. The molecule has 0 saturated carbocycles. The normalized spacial score (nSPS) is 27.3. The van der Waals surface area contributed by atoms with Gasteiger partial charge in [0.25, 0.3) is 0 Å². The van der Waals surface area contributed by atoms with Crippen molar-refractivity contribution in [3.8, 4) is 10.8 Å². The van der Waals surface area contributed by atoms with E-state index in [-0.39, 0.29) is 0 Å². The molecule has 0 bridgehead atoms. The van der Waals surface area contributed by atoms with Crippen molar-refractivity contribution >= 4 is 21.2 Å². The van der Waals surface area contributed by atoms with Gasteiger partial charge in [-0.2, -0.15) is 0 Å². The van der Waals surface area contributed by atoms with Gasteiger partial charge in [0.15, 0.2) is 9.84 Å². The zero-order chi connectivity index (χ0) is 15.3. The number of oxazole rings is 1. The number of hydrogen-bond acceptors (Lipinski definition) is 6. The lowest BCUT2D eigenvalue weighted by molar-refractivity contribution is 0.309. The Balaban J connectivity index is 1.47. The van der Waals surface area contributed by atoms with Crippen molar-refractivity contribution in [2.75, 3.05) is 24.6 Å². The van der Waals surface area contributed by atoms with Crippen LogP contribution in [0.3, 0.4) is 0 Å². The van der Waals surface area contributed by atoms with E-state index in [1.165, 1.54) is 0 Å². The van der Waals surface area contributed by atoms with Crippen LogP contribution in [0.5, 0.6) is 0 Å². The predicted molar refractivity (Wildman–Crippen MR) is 85.5 cm³/mol. The van der Waals surface area contributed by atoms with Gasteiger partial charge in [-0.3, -0.25) is 4.90 Å². The number of rotatable bonds is 3. The van der Waals surface area contributed by atoms with E-state index in [1.54, 1.807) is 11.3 Å². The van der Waals surface area contributed by atoms with E-state index < -0.39 is 9.84 Å². The Hall–Kier alpha value is -1.18. The van der Waals surface area contributed by atoms with Gasteiger partial charge in [-0.1, -0.05) is 6.07 Å². The van der Waals surface area contributed by atoms with E-state index in [4.69, 9.17) is 4.42 Å². The van der Waals surface area contributed by atoms with Crippen LogP contribution in [0.25, 0.3) is 10.8 Å². The van der Waals surface area contributed by atoms with Gasteiger partial charge >= 0.3 is 0 Å². The van der Waals surface area contributed by atoms with Gasteiger partial charge in [-0.15, -0.1) is 11.3 Å². The summed E-state index contributed by atoms with van der Waals surface area (Å²) >= 11 is 1.62. The largest absolute Gasteiger partial charge is 0.440 e. The average molecular weight is 338 g/mol. The molecule has 2 aliphatic rings. The molecule has 2 saturated heterocycles. The minimum absolute atomic E-state index is 0.300. The lowest BCUT2D eigenvalue weighted by Gasteiger charge is -2.15. The monoisotopic (exact) mass is 338 g/mol. The molecule has 2 fully saturated rings. The van der Waals surface area contributed by atoms with Gasteiger partial charge in [0.1, 0.15) is 5.76 Å². The van der Waals surface area contributed by atoms with Crippen LogP contribution in [-0.2, 0) is 16.4 Å². The quantitative estimate of drug-likeness (QED) is 0.858. The Bertz CT molecular complexity index is 760. The van der Waals surface area contributed by atoms with Gasteiger partial charge < -0.3 is 4.42 Å². The molecular formula is C15H18N2O3S2. The molecule has 0 aromatic carbocycles. The molecule has 22 heavy (non-hydrogen) atoms. The van der Waals surface area contributed by atoms with E-state index in [0.717, 1.165) is 36.0 Å². The van der Waals surface area contributed by atoms with Crippen molar-refractivity contribution in [3.63, 3.8) is 0 Å². The van der Waals surface area contributed by atoms with Gasteiger partial charge in [-0.05, 0) is 30.2 Å². The lowest BCUT2D eigenvalue weighted by atomic mass is 10.0. The van der Waals surface area contributed by atoms with E-state index in [1.807, 2.05) is 24.4 Å². The van der Waals surface area contributed by atoms with E-state index in [2.05, 4.69) is 9.88 Å². The molecule has 7 heteroatoms. The molecule has 2 aromatic rings. The first-order chi connectivity index (χ1) is 10.5. The summed E-state index contributed by atoms with van der Waals surface area (Å²) in [5.41, 5.74) is 0.964. The second-order valence-electron chi connectivity index (χ2n) is 6.29. The maximum Gasteiger partial charge on any atom is 0.236 e. The fourth-order valence-corrected chi connectivity index (χ4v) is 6.40. The number of likely N-dealkylation sites (tertiary alicyclic amines) is 1. The van der Waals surface area contributed by atoms with Crippen LogP contribution in [0, 0.1) is 18.8 Å². The third kappa shape index (κ3) is 2.61. The van der Waals surface area contributed by atoms with Crippen molar-refractivity contribution in [1.29, 1.82) is 0 Å². The number of sulfone groups is 1. The number of thiophene rings is 1. The highest BCUT2D eigenvalue weighted by Crippen LogP contribution is 2.34. The van der Waals surface area contributed by atoms with Crippen LogP contribution in [0.4, 0.5) is 0 Å². The third-order valence-electron chi connectivity index (χ3n) is 4.59. The second kappa shape index (κ2) is 5.18. The fraction of sp³-hybridized carbons (Fsp3) is 0.533. The van der Waals surface area contributed by atoms with Crippen LogP contribution in [0.15, 0.2) is 21.9 Å². The number of hydrogen-bond donors (Lipinski definition) is 0. The molecule has 0 radical (unpaired) electrons. The zero-order valence-corrected chi connectivity index (χ0v) is 14.0. The summed E-state index contributed by atoms with van der Waals surface area (Å²) in [6.45, 7) is 4.39. The van der Waals surface area contributed by atoms with Gasteiger partial charge in [0.2, 0.25) is 5.89 Å². The Kier molecular flexibility index (Phi) is 3.39. The molecule has 0 spiro atoms. The first kappa shape index (κ1) is 14.4. The molecule has 118 valence electrons. The van der Waals surface area contributed by atoms with E-state index in [0.29, 0.717) is 29.2 Å². The van der Waals surface area contributed by atoms with Crippen LogP contribution < -0.4 is 0 Å². The van der Waals surface area contributed by atoms with E-state index >= 15 is 0 Å². The predicted octanol–water partition coefficient (Wildman–Crippen LogP) is 2.19. The molecule has 5 nitrogen and oxygen atoms in total. The summed E-state index contributed by atoms with van der Waals surface area (Å²) in [6.07, 6.45) is 0. The fourth-order valence-electron chi connectivity index (χ4n) is 3.56. The number of aromatic nitrogens is 1. The molecule has 2 atom stereocenters. The standard InChI is InChI=1S/C15H18N2O3S2/c1-10-13(16-15(20-10)14-3-2-4-21-14)7-17-5-11-8-22(18,19)9-12(11)6-17/h2-4,11-12H,5-9H2,1H3/t11-,12+. The molecule has 0 amide bonds. The zero-order valence-electron chi connectivity index (χ0n) is 12.4. The SMILES string of the molecule is Cc1oc(-c2cccs2)nc1CN1C[C@@H]2CS(=O)(=O)C[C@@H]2C1. The number of fused-ring (bicyclic) bond motifs is 1. The second-order valence-corrected chi connectivity index (χ2v) is 9.39. The minimum Gasteiger partial charge on any atom is -0.440 e. The summed E-state index contributed by atoms with van der Waals surface area (Å²) < 4.78 is 29.1. The number of aryl methyl sites for hydroxylation is 1. The Labute approximate surface area is 133 Å². The Morgan fingerprint density at radius 3 is 2.73 bits per heavy atom. The highest BCUT2D eigenvalue weighted by atomic mass is 32.2. The molecule has 2 aromatic heterocycles. The van der Waals surface area contributed by atoms with Crippen molar-refractivity contribution in [2.45, 2.75) is 13.5 Å². The summed E-state index contributed by atoms with van der Waals surface area (Å²) in [4.78, 5) is 7.98. The van der Waals surface area contributed by atoms with Crippen molar-refractivity contribution in [3.05, 3.63) is 29.0 Å². The third-order valence-corrected chi connectivity index (χ3v) is 7.32. The van der Waals surface area contributed by atoms with Crippen LogP contribution >= 0.6 is 11.3 Å². The maximum absolute atomic E-state index is 11.7. The average Bonchev–Trinajstić information content (AvgIpc) is 3.14. The first-order valence-corrected chi connectivity index (χ1v) is 10.1. The molecule has 0 unspecified atom stereocenters. The van der Waals surface area contributed by atoms with Crippen molar-refractivity contribution in [1.82, 2.24) is 9.88 Å². The summed E-state index contributed by atoms with van der Waals surface area (Å²) in [6, 6.07) is 3.99. The lowest BCUT2D eigenvalue weighted by Crippen LogP contribution is -2.24. The topological polar surface area (TPSA) is 63.4 Å². The van der Waals surface area contributed by atoms with E-state index in [9.17, 15) is 8.42 Å². The Morgan fingerprint density at radius 1 is 1.36 bits per heavy atom. The molecule has 2 aliphatic heterocycles. The van der Waals surface area contributed by atoms with Gasteiger partial charge in [-0.25, -0.2) is 13.4 Å². The van der Waals surface area contributed by atoms with Crippen LogP contribution in [-0.4, -0.2) is 42.9 Å². The highest BCUT2D eigenvalue weighted by Gasteiger charge is 2.43. The van der Waals surface area contributed by atoms with Gasteiger partial charge in [0, 0.05) is 19.6 Å². The first-order valence-electron chi connectivity index (χ1n) is 7.43. The van der Waals surface area contributed by atoms with Crippen LogP contribution in [0.2, 0.25) is 0 Å². The molecule has 0 N–H and O–H groups in total. The minimum atomic E-state index is -2.79. The molecule has 4 heterocycles. The summed E-state index contributed by atoms with van der Waals surface area (Å²) in [5.74, 6) is 2.85. The van der Waals surface area contributed by atoms with Crippen molar-refractivity contribution in [2.24, 2.45) is 11.8 Å². The van der Waals surface area contributed by atoms with Gasteiger partial charge in [0.05, 0.1) is 22.1 Å². The van der Waals surface area contributed by atoms with Crippen molar-refractivity contribution < 1.29 is 12.8 Å². The maximum atomic E-state index is 11.7. The summed E-state index contributed by atoms with van der Waals surface area (Å²) in [5, 5.41) is 2.01. The number of nitrogens with zero attached hydrogens (tertiary/aromatic N) is 2. The smallest absolute Gasteiger partial charge is 0.236 e. The van der Waals surface area contributed by atoms with Crippen LogP contribution in [0.1, 0.15) is 11.5 Å². The molecular weight excluding hydrogens is 320 g/mol. The highest BCUT2D eigenvalue weighted by molar-refractivity contribution is 7.91. The summed E-state index contributed by atoms with van der Waals surface area (Å²) in [7, 11) is -2.79. The Morgan fingerprint density at radius 2 is 2.09 bits per heavy atom.